The summed E-state index contributed by atoms with van der Waals surface area (Å²) >= 11 is 12.2. The SMILES string of the molecule is Cc1ccc(CC(NN)c2ccc(Cl)cc2N)c(Cl)c1. The third-order valence-electron chi connectivity index (χ3n) is 3.26. The average molecular weight is 310 g/mol. The van der Waals surface area contributed by atoms with Gasteiger partial charge in [0.2, 0.25) is 0 Å². The third-order valence-corrected chi connectivity index (χ3v) is 3.84. The highest BCUT2D eigenvalue weighted by molar-refractivity contribution is 6.31. The van der Waals surface area contributed by atoms with E-state index in [4.69, 9.17) is 34.8 Å². The number of benzene rings is 2. The zero-order chi connectivity index (χ0) is 14.7. The fourth-order valence-corrected chi connectivity index (χ4v) is 2.65. The molecule has 0 aliphatic rings. The second kappa shape index (κ2) is 6.46. The van der Waals surface area contributed by atoms with Gasteiger partial charge in [-0.2, -0.15) is 0 Å². The summed E-state index contributed by atoms with van der Waals surface area (Å²) < 4.78 is 0. The monoisotopic (exact) mass is 309 g/mol. The smallest absolute Gasteiger partial charge is 0.0521 e. The van der Waals surface area contributed by atoms with E-state index in [0.717, 1.165) is 21.7 Å². The Kier molecular flexibility index (Phi) is 4.89. The summed E-state index contributed by atoms with van der Waals surface area (Å²) in [6, 6.07) is 11.3. The molecule has 0 heterocycles. The van der Waals surface area contributed by atoms with Crippen LogP contribution in [0, 0.1) is 6.92 Å². The van der Waals surface area contributed by atoms with Gasteiger partial charge in [0, 0.05) is 15.7 Å². The zero-order valence-electron chi connectivity index (χ0n) is 11.2. The molecule has 2 aromatic carbocycles. The molecule has 0 aliphatic carbocycles. The van der Waals surface area contributed by atoms with E-state index < -0.39 is 0 Å². The van der Waals surface area contributed by atoms with E-state index in [1.54, 1.807) is 12.1 Å². The average Bonchev–Trinajstić information content (AvgIpc) is 2.39. The van der Waals surface area contributed by atoms with Crippen molar-refractivity contribution in [2.24, 2.45) is 5.84 Å². The summed E-state index contributed by atoms with van der Waals surface area (Å²) in [5.41, 5.74) is 12.5. The Morgan fingerprint density at radius 3 is 2.50 bits per heavy atom. The first-order valence-electron chi connectivity index (χ1n) is 6.27. The molecule has 0 fully saturated rings. The van der Waals surface area contributed by atoms with Gasteiger partial charge < -0.3 is 5.73 Å². The molecule has 0 spiro atoms. The first-order valence-corrected chi connectivity index (χ1v) is 7.03. The van der Waals surface area contributed by atoms with Crippen LogP contribution in [-0.2, 0) is 6.42 Å². The van der Waals surface area contributed by atoms with E-state index in [2.05, 4.69) is 5.43 Å². The van der Waals surface area contributed by atoms with Crippen LogP contribution >= 0.6 is 23.2 Å². The highest BCUT2D eigenvalue weighted by atomic mass is 35.5. The fraction of sp³-hybridized carbons (Fsp3) is 0.200. The molecule has 0 bridgehead atoms. The number of aryl methyl sites for hydroxylation is 1. The number of hydrogen-bond acceptors (Lipinski definition) is 3. The minimum atomic E-state index is -0.118. The highest BCUT2D eigenvalue weighted by Crippen LogP contribution is 2.28. The number of nitrogens with two attached hydrogens (primary N) is 2. The molecule has 0 saturated carbocycles. The minimum Gasteiger partial charge on any atom is -0.398 e. The Bertz CT molecular complexity index is 614. The number of rotatable bonds is 4. The minimum absolute atomic E-state index is 0.118. The maximum absolute atomic E-state index is 6.26. The van der Waals surface area contributed by atoms with Crippen LogP contribution in [-0.4, -0.2) is 0 Å². The summed E-state index contributed by atoms with van der Waals surface area (Å²) in [5, 5.41) is 1.34. The molecule has 5 N–H and O–H groups in total. The van der Waals surface area contributed by atoms with Crippen molar-refractivity contribution in [3.05, 3.63) is 63.1 Å². The van der Waals surface area contributed by atoms with E-state index in [9.17, 15) is 0 Å². The molecule has 1 atom stereocenters. The molecule has 0 aliphatic heterocycles. The van der Waals surface area contributed by atoms with Gasteiger partial charge in [-0.1, -0.05) is 41.4 Å². The molecule has 0 radical (unpaired) electrons. The molecule has 2 aromatic rings. The second-order valence-corrected chi connectivity index (χ2v) is 5.64. The number of hydrogen-bond donors (Lipinski definition) is 3. The van der Waals surface area contributed by atoms with Gasteiger partial charge in [-0.3, -0.25) is 11.3 Å². The summed E-state index contributed by atoms with van der Waals surface area (Å²) in [5.74, 6) is 5.66. The molecule has 3 nitrogen and oxygen atoms in total. The quantitative estimate of drug-likeness (QED) is 0.459. The van der Waals surface area contributed by atoms with Crippen molar-refractivity contribution in [3.8, 4) is 0 Å². The molecule has 106 valence electrons. The predicted molar refractivity (Wildman–Crippen MR) is 85.8 cm³/mol. The van der Waals surface area contributed by atoms with Crippen LogP contribution in [0.25, 0.3) is 0 Å². The molecule has 0 amide bonds. The van der Waals surface area contributed by atoms with Gasteiger partial charge in [-0.05, 0) is 48.2 Å². The molecule has 20 heavy (non-hydrogen) atoms. The normalized spacial score (nSPS) is 12.4. The van der Waals surface area contributed by atoms with Crippen molar-refractivity contribution in [1.82, 2.24) is 5.43 Å². The number of anilines is 1. The van der Waals surface area contributed by atoms with Crippen molar-refractivity contribution in [2.45, 2.75) is 19.4 Å². The van der Waals surface area contributed by atoms with Crippen LogP contribution < -0.4 is 17.0 Å². The maximum atomic E-state index is 6.26. The molecular formula is C15H17Cl2N3. The van der Waals surface area contributed by atoms with Crippen molar-refractivity contribution in [3.63, 3.8) is 0 Å². The first kappa shape index (κ1) is 15.1. The van der Waals surface area contributed by atoms with Crippen LogP contribution in [0.5, 0.6) is 0 Å². The summed E-state index contributed by atoms with van der Waals surface area (Å²) in [6.45, 7) is 2.01. The van der Waals surface area contributed by atoms with Gasteiger partial charge in [-0.15, -0.1) is 0 Å². The van der Waals surface area contributed by atoms with Crippen LogP contribution in [0.2, 0.25) is 10.0 Å². The van der Waals surface area contributed by atoms with Crippen molar-refractivity contribution in [1.29, 1.82) is 0 Å². The van der Waals surface area contributed by atoms with Gasteiger partial charge in [0.25, 0.3) is 0 Å². The number of nitrogens with one attached hydrogen (secondary N) is 1. The topological polar surface area (TPSA) is 64.1 Å². The Morgan fingerprint density at radius 1 is 1.15 bits per heavy atom. The van der Waals surface area contributed by atoms with Crippen LogP contribution in [0.3, 0.4) is 0 Å². The Hall–Kier alpha value is -1.26. The van der Waals surface area contributed by atoms with E-state index in [1.807, 2.05) is 31.2 Å². The van der Waals surface area contributed by atoms with Gasteiger partial charge >= 0.3 is 0 Å². The van der Waals surface area contributed by atoms with Crippen molar-refractivity contribution in [2.75, 3.05) is 5.73 Å². The Balaban J connectivity index is 2.28. The van der Waals surface area contributed by atoms with E-state index in [1.165, 1.54) is 0 Å². The standard InChI is InChI=1S/C15H17Cl2N3/c1-9-2-3-10(13(17)6-9)7-15(20-19)12-5-4-11(16)8-14(12)18/h2-6,8,15,20H,7,18-19H2,1H3. The van der Waals surface area contributed by atoms with E-state index in [0.29, 0.717) is 17.1 Å². The summed E-state index contributed by atoms with van der Waals surface area (Å²) in [4.78, 5) is 0. The van der Waals surface area contributed by atoms with Crippen molar-refractivity contribution < 1.29 is 0 Å². The fourth-order valence-electron chi connectivity index (χ4n) is 2.16. The molecule has 0 saturated heterocycles. The summed E-state index contributed by atoms with van der Waals surface area (Å²) in [6.07, 6.45) is 0.654. The molecule has 0 aromatic heterocycles. The summed E-state index contributed by atoms with van der Waals surface area (Å²) in [7, 11) is 0. The Morgan fingerprint density at radius 2 is 1.90 bits per heavy atom. The van der Waals surface area contributed by atoms with Crippen LogP contribution in [0.4, 0.5) is 5.69 Å². The van der Waals surface area contributed by atoms with Gasteiger partial charge in [0.15, 0.2) is 0 Å². The van der Waals surface area contributed by atoms with Gasteiger partial charge in [0.05, 0.1) is 6.04 Å². The lowest BCUT2D eigenvalue weighted by molar-refractivity contribution is 0.553. The lowest BCUT2D eigenvalue weighted by Gasteiger charge is -2.19. The first-order chi connectivity index (χ1) is 9.51. The van der Waals surface area contributed by atoms with Crippen molar-refractivity contribution >= 4 is 28.9 Å². The lowest BCUT2D eigenvalue weighted by atomic mass is 9.97. The van der Waals surface area contributed by atoms with Crippen LogP contribution in [0.15, 0.2) is 36.4 Å². The molecule has 2 rings (SSSR count). The number of hydrazine groups is 1. The predicted octanol–water partition coefficient (Wildman–Crippen LogP) is 3.63. The molecule has 5 heteroatoms. The highest BCUT2D eigenvalue weighted by Gasteiger charge is 2.15. The number of nitrogen functional groups attached to an aromatic ring is 1. The third kappa shape index (κ3) is 3.44. The Labute approximate surface area is 128 Å². The maximum Gasteiger partial charge on any atom is 0.0521 e. The van der Waals surface area contributed by atoms with E-state index in [-0.39, 0.29) is 6.04 Å². The van der Waals surface area contributed by atoms with E-state index >= 15 is 0 Å². The largest absolute Gasteiger partial charge is 0.398 e. The van der Waals surface area contributed by atoms with Gasteiger partial charge in [-0.25, -0.2) is 0 Å². The second-order valence-electron chi connectivity index (χ2n) is 4.79. The van der Waals surface area contributed by atoms with Gasteiger partial charge in [0.1, 0.15) is 0 Å². The molecular weight excluding hydrogens is 293 g/mol. The lowest BCUT2D eigenvalue weighted by Crippen LogP contribution is -2.30. The zero-order valence-corrected chi connectivity index (χ0v) is 12.7. The van der Waals surface area contributed by atoms with Crippen LogP contribution in [0.1, 0.15) is 22.7 Å². The number of halogens is 2. The molecule has 1 unspecified atom stereocenters.